The number of aryl methyl sites for hydroxylation is 3. The number of nitrogens with zero attached hydrogens (tertiary/aromatic N) is 4. The molecule has 2 aromatic rings. The highest BCUT2D eigenvalue weighted by Gasteiger charge is 2.21. The summed E-state index contributed by atoms with van der Waals surface area (Å²) in [5.41, 5.74) is 2.14. The number of rotatable bonds is 1. The van der Waals surface area contributed by atoms with Crippen LogP contribution in [0.15, 0.2) is 0 Å². The van der Waals surface area contributed by atoms with E-state index < -0.39 is 4.92 Å². The lowest BCUT2D eigenvalue weighted by Crippen LogP contribution is -2.00. The van der Waals surface area contributed by atoms with E-state index in [4.69, 9.17) is 0 Å². The van der Waals surface area contributed by atoms with E-state index in [9.17, 15) is 10.1 Å². The quantitative estimate of drug-likeness (QED) is 0.519. The lowest BCUT2D eigenvalue weighted by molar-refractivity contribution is -0.386. The highest BCUT2D eigenvalue weighted by atomic mass is 16.6. The van der Waals surface area contributed by atoms with Crippen LogP contribution in [-0.2, 0) is 7.05 Å². The van der Waals surface area contributed by atoms with Crippen LogP contribution in [0.4, 0.5) is 5.69 Å². The molecular weight excluding hydrogens is 196 g/mol. The van der Waals surface area contributed by atoms with Crippen molar-refractivity contribution in [2.75, 3.05) is 0 Å². The van der Waals surface area contributed by atoms with Gasteiger partial charge >= 0.3 is 0 Å². The predicted octanol–water partition coefficient (Wildman–Crippen LogP) is 1.29. The molecule has 1 radical (unpaired) electrons. The molecule has 0 aliphatic heterocycles. The lowest BCUT2D eigenvalue weighted by Gasteiger charge is -2.01. The van der Waals surface area contributed by atoms with Gasteiger partial charge in [-0.1, -0.05) is 0 Å². The van der Waals surface area contributed by atoms with Gasteiger partial charge in [0.15, 0.2) is 12.0 Å². The summed E-state index contributed by atoms with van der Waals surface area (Å²) < 4.78 is 1.62. The SMILES string of the molecule is Cc1nc2c(n[c]n2C)c(C)c1[N+](=O)[O-]. The molecule has 0 spiro atoms. The number of fused-ring (bicyclic) bond motifs is 1. The van der Waals surface area contributed by atoms with Gasteiger partial charge < -0.3 is 4.57 Å². The number of hydrogen-bond acceptors (Lipinski definition) is 4. The van der Waals surface area contributed by atoms with Crippen molar-refractivity contribution in [3.05, 3.63) is 27.7 Å². The zero-order valence-corrected chi connectivity index (χ0v) is 8.61. The summed E-state index contributed by atoms with van der Waals surface area (Å²) in [4.78, 5) is 18.5. The fourth-order valence-corrected chi connectivity index (χ4v) is 1.63. The Morgan fingerprint density at radius 3 is 2.73 bits per heavy atom. The monoisotopic (exact) mass is 205 g/mol. The van der Waals surface area contributed by atoms with Gasteiger partial charge in [-0.15, -0.1) is 0 Å². The van der Waals surface area contributed by atoms with Gasteiger partial charge in [0.2, 0.25) is 0 Å². The van der Waals surface area contributed by atoms with Crippen LogP contribution < -0.4 is 0 Å². The third-order valence-electron chi connectivity index (χ3n) is 2.35. The molecule has 0 fully saturated rings. The van der Waals surface area contributed by atoms with E-state index in [0.29, 0.717) is 22.4 Å². The molecule has 0 amide bonds. The molecule has 0 bridgehead atoms. The molecule has 0 saturated heterocycles. The summed E-state index contributed by atoms with van der Waals surface area (Å²) in [5.74, 6) is 0. The van der Waals surface area contributed by atoms with E-state index in [1.807, 2.05) is 0 Å². The van der Waals surface area contributed by atoms with Crippen LogP contribution >= 0.6 is 0 Å². The number of hydrogen-bond donors (Lipinski definition) is 0. The van der Waals surface area contributed by atoms with E-state index in [1.165, 1.54) is 0 Å². The Morgan fingerprint density at radius 2 is 2.13 bits per heavy atom. The van der Waals surface area contributed by atoms with Gasteiger partial charge in [-0.2, -0.15) is 0 Å². The van der Waals surface area contributed by atoms with Crippen LogP contribution in [0.2, 0.25) is 0 Å². The normalized spacial score (nSPS) is 10.9. The third kappa shape index (κ3) is 1.25. The van der Waals surface area contributed by atoms with E-state index >= 15 is 0 Å². The van der Waals surface area contributed by atoms with Crippen molar-refractivity contribution >= 4 is 16.9 Å². The van der Waals surface area contributed by atoms with Gasteiger partial charge in [0, 0.05) is 7.05 Å². The second-order valence-corrected chi connectivity index (χ2v) is 3.37. The Morgan fingerprint density at radius 1 is 1.47 bits per heavy atom. The molecule has 6 nitrogen and oxygen atoms in total. The summed E-state index contributed by atoms with van der Waals surface area (Å²) in [6.07, 6.45) is 2.69. The van der Waals surface area contributed by atoms with Crippen LogP contribution in [-0.4, -0.2) is 19.5 Å². The maximum Gasteiger partial charge on any atom is 0.295 e. The minimum atomic E-state index is -0.425. The molecule has 0 N–H and O–H groups in total. The molecule has 0 aliphatic rings. The highest BCUT2D eigenvalue weighted by Crippen LogP contribution is 2.26. The first-order chi connectivity index (χ1) is 7.02. The standard InChI is InChI=1S/C9H9N4O2/c1-5-7-9(12(3)4-10-7)11-6(2)8(5)13(14)15/h1-3H3. The summed E-state index contributed by atoms with van der Waals surface area (Å²) in [7, 11) is 1.76. The minimum absolute atomic E-state index is 0.0367. The average Bonchev–Trinajstić information content (AvgIpc) is 2.47. The van der Waals surface area contributed by atoms with E-state index in [0.717, 1.165) is 0 Å². The van der Waals surface area contributed by atoms with Gasteiger partial charge in [0.1, 0.15) is 11.2 Å². The van der Waals surface area contributed by atoms with Gasteiger partial charge in [0.05, 0.1) is 10.5 Å². The molecule has 2 aromatic heterocycles. The molecule has 0 saturated carbocycles. The van der Waals surface area contributed by atoms with E-state index in [2.05, 4.69) is 16.3 Å². The number of imidazole rings is 1. The number of pyridine rings is 1. The summed E-state index contributed by atoms with van der Waals surface area (Å²) >= 11 is 0. The summed E-state index contributed by atoms with van der Waals surface area (Å²) in [6, 6.07) is 0. The van der Waals surface area contributed by atoms with Crippen molar-refractivity contribution in [3.8, 4) is 0 Å². The Kier molecular flexibility index (Phi) is 1.92. The fourth-order valence-electron chi connectivity index (χ4n) is 1.63. The van der Waals surface area contributed by atoms with Crippen LogP contribution in [0.25, 0.3) is 11.2 Å². The van der Waals surface area contributed by atoms with E-state index in [1.54, 1.807) is 25.5 Å². The first-order valence-electron chi connectivity index (χ1n) is 4.38. The topological polar surface area (TPSA) is 73.8 Å². The van der Waals surface area contributed by atoms with Crippen LogP contribution in [0.3, 0.4) is 0 Å². The van der Waals surface area contributed by atoms with Gasteiger partial charge in [-0.25, -0.2) is 9.97 Å². The number of aromatic nitrogens is 3. The second kappa shape index (κ2) is 3.01. The van der Waals surface area contributed by atoms with Crippen LogP contribution in [0, 0.1) is 30.3 Å². The predicted molar refractivity (Wildman–Crippen MR) is 53.5 cm³/mol. The molecule has 15 heavy (non-hydrogen) atoms. The first-order valence-corrected chi connectivity index (χ1v) is 4.38. The second-order valence-electron chi connectivity index (χ2n) is 3.37. The first kappa shape index (κ1) is 9.57. The molecule has 77 valence electrons. The van der Waals surface area contributed by atoms with Gasteiger partial charge in [0.25, 0.3) is 5.69 Å². The molecule has 2 heterocycles. The Balaban J connectivity index is 2.91. The average molecular weight is 205 g/mol. The highest BCUT2D eigenvalue weighted by molar-refractivity contribution is 5.79. The van der Waals surface area contributed by atoms with Crippen molar-refractivity contribution in [1.82, 2.24) is 14.5 Å². The van der Waals surface area contributed by atoms with Crippen molar-refractivity contribution < 1.29 is 4.92 Å². The fraction of sp³-hybridized carbons (Fsp3) is 0.333. The van der Waals surface area contributed by atoms with Crippen LogP contribution in [0.1, 0.15) is 11.3 Å². The zero-order valence-electron chi connectivity index (χ0n) is 8.61. The van der Waals surface area contributed by atoms with E-state index in [-0.39, 0.29) is 5.69 Å². The van der Waals surface area contributed by atoms with Crippen molar-refractivity contribution in [2.24, 2.45) is 7.05 Å². The van der Waals surface area contributed by atoms with Crippen molar-refractivity contribution in [2.45, 2.75) is 13.8 Å². The van der Waals surface area contributed by atoms with Gasteiger partial charge in [-0.05, 0) is 13.8 Å². The minimum Gasteiger partial charge on any atom is -0.309 e. The largest absolute Gasteiger partial charge is 0.309 e. The van der Waals surface area contributed by atoms with Crippen LogP contribution in [0.5, 0.6) is 0 Å². The molecule has 0 unspecified atom stereocenters. The third-order valence-corrected chi connectivity index (χ3v) is 2.35. The molecular formula is C9H9N4O2. The molecule has 0 aromatic carbocycles. The van der Waals surface area contributed by atoms with Gasteiger partial charge in [-0.3, -0.25) is 10.1 Å². The zero-order chi connectivity index (χ0) is 11.2. The van der Waals surface area contributed by atoms with Crippen molar-refractivity contribution in [1.29, 1.82) is 0 Å². The summed E-state index contributed by atoms with van der Waals surface area (Å²) in [6.45, 7) is 3.30. The molecule has 0 aliphatic carbocycles. The summed E-state index contributed by atoms with van der Waals surface area (Å²) in [5, 5.41) is 10.8. The smallest absolute Gasteiger partial charge is 0.295 e. The number of nitro groups is 1. The van der Waals surface area contributed by atoms with Crippen molar-refractivity contribution in [3.63, 3.8) is 0 Å². The maximum absolute atomic E-state index is 10.8. The Hall–Kier alpha value is -1.98. The maximum atomic E-state index is 10.8. The molecule has 2 rings (SSSR count). The lowest BCUT2D eigenvalue weighted by atomic mass is 10.2. The Labute approximate surface area is 85.7 Å². The Bertz CT molecular complexity index is 559. The molecule has 6 heteroatoms. The molecule has 0 atom stereocenters.